The van der Waals surface area contributed by atoms with E-state index in [0.717, 1.165) is 17.9 Å². The van der Waals surface area contributed by atoms with Gasteiger partial charge in [-0.2, -0.15) is 0 Å². The number of anilines is 2. The Kier molecular flexibility index (Phi) is 4.04. The molecule has 1 atom stereocenters. The van der Waals surface area contributed by atoms with E-state index in [2.05, 4.69) is 15.7 Å². The molecule has 0 spiro atoms. The molecule has 0 aliphatic carbocycles. The van der Waals surface area contributed by atoms with E-state index in [1.807, 2.05) is 39.5 Å². The first kappa shape index (κ1) is 15.5. The lowest BCUT2D eigenvalue weighted by molar-refractivity contribution is -0.122. The summed E-state index contributed by atoms with van der Waals surface area (Å²) in [5, 5.41) is 2.86. The second-order valence-corrected chi connectivity index (χ2v) is 6.40. The number of nitrogens with two attached hydrogens (primary N) is 1. The Morgan fingerprint density at radius 2 is 2.05 bits per heavy atom. The van der Waals surface area contributed by atoms with Crippen LogP contribution < -0.4 is 21.5 Å². The van der Waals surface area contributed by atoms with Crippen molar-refractivity contribution in [2.75, 3.05) is 23.4 Å². The summed E-state index contributed by atoms with van der Waals surface area (Å²) >= 11 is 0. The minimum absolute atomic E-state index is 0.0128. The van der Waals surface area contributed by atoms with E-state index in [0.29, 0.717) is 18.2 Å². The van der Waals surface area contributed by atoms with Crippen LogP contribution in [0.1, 0.15) is 39.1 Å². The van der Waals surface area contributed by atoms with Crippen LogP contribution in [0.4, 0.5) is 11.6 Å². The molecule has 7 heteroatoms. The van der Waals surface area contributed by atoms with Gasteiger partial charge in [-0.15, -0.1) is 0 Å². The number of hydrogen-bond acceptors (Lipinski definition) is 6. The van der Waals surface area contributed by atoms with Crippen LogP contribution in [0.2, 0.25) is 0 Å². The van der Waals surface area contributed by atoms with Crippen molar-refractivity contribution >= 4 is 17.5 Å². The van der Waals surface area contributed by atoms with Gasteiger partial charge in [0.05, 0.1) is 0 Å². The number of hydrogen-bond donors (Lipinski definition) is 3. The molecule has 116 valence electrons. The van der Waals surface area contributed by atoms with Gasteiger partial charge in [0.15, 0.2) is 0 Å². The lowest BCUT2D eigenvalue weighted by Gasteiger charge is -2.35. The van der Waals surface area contributed by atoms with E-state index in [-0.39, 0.29) is 17.4 Å². The Morgan fingerprint density at radius 3 is 2.62 bits per heavy atom. The first-order valence-corrected chi connectivity index (χ1v) is 7.15. The van der Waals surface area contributed by atoms with E-state index < -0.39 is 0 Å². The summed E-state index contributed by atoms with van der Waals surface area (Å²) in [6, 6.07) is -0.259. The van der Waals surface area contributed by atoms with Crippen molar-refractivity contribution in [1.29, 1.82) is 0 Å². The molecule has 2 rings (SSSR count). The van der Waals surface area contributed by atoms with Crippen LogP contribution in [0.15, 0.2) is 0 Å². The zero-order valence-corrected chi connectivity index (χ0v) is 13.3. The minimum atomic E-state index is -0.259. The number of rotatable bonds is 2. The molecule has 1 aromatic heterocycles. The van der Waals surface area contributed by atoms with Crippen LogP contribution in [0, 0.1) is 6.92 Å². The van der Waals surface area contributed by atoms with Gasteiger partial charge in [0.25, 0.3) is 0 Å². The third kappa shape index (κ3) is 2.92. The van der Waals surface area contributed by atoms with E-state index in [4.69, 9.17) is 10.8 Å². The number of aromatic nitrogens is 2. The third-order valence-corrected chi connectivity index (χ3v) is 3.70. The topological polar surface area (TPSA) is 96.2 Å². The van der Waals surface area contributed by atoms with E-state index in [1.54, 1.807) is 0 Å². The van der Waals surface area contributed by atoms with Gasteiger partial charge >= 0.3 is 0 Å². The molecule has 1 aromatic rings. The molecule has 4 N–H and O–H groups in total. The van der Waals surface area contributed by atoms with Crippen molar-refractivity contribution in [3.05, 3.63) is 11.4 Å². The molecule has 1 aliphatic heterocycles. The summed E-state index contributed by atoms with van der Waals surface area (Å²) in [6.07, 6.45) is 0. The zero-order valence-electron chi connectivity index (χ0n) is 13.3. The summed E-state index contributed by atoms with van der Waals surface area (Å²) in [5.41, 5.74) is 3.29. The molecular formula is C14H24N6O. The summed E-state index contributed by atoms with van der Waals surface area (Å²) in [5.74, 6) is 7.67. The number of nitrogen functional groups attached to an aromatic ring is 1. The second kappa shape index (κ2) is 5.48. The highest BCUT2D eigenvalue weighted by Crippen LogP contribution is 2.29. The minimum Gasteiger partial charge on any atom is -0.353 e. The smallest absolute Gasteiger partial charge is 0.242 e. The Labute approximate surface area is 125 Å². The van der Waals surface area contributed by atoms with Crippen molar-refractivity contribution in [3.8, 4) is 0 Å². The predicted octanol–water partition coefficient (Wildman–Crippen LogP) is 0.693. The number of carbonyl (C=O) groups is 1. The maximum absolute atomic E-state index is 11.9. The second-order valence-electron chi connectivity index (χ2n) is 6.40. The third-order valence-electron chi connectivity index (χ3n) is 3.70. The maximum Gasteiger partial charge on any atom is 0.242 e. The van der Waals surface area contributed by atoms with Gasteiger partial charge in [-0.3, -0.25) is 4.79 Å². The van der Waals surface area contributed by atoms with Gasteiger partial charge in [-0.1, -0.05) is 20.8 Å². The van der Waals surface area contributed by atoms with Crippen molar-refractivity contribution in [2.24, 2.45) is 5.84 Å². The molecule has 7 nitrogen and oxygen atoms in total. The predicted molar refractivity (Wildman–Crippen MR) is 83.1 cm³/mol. The Balaban J connectivity index is 2.54. The molecule has 1 aliphatic rings. The number of carbonyl (C=O) groups excluding carboxylic acids is 1. The first-order valence-electron chi connectivity index (χ1n) is 7.15. The standard InChI is InChI=1S/C14H24N6O/c1-8-10(19-15)17-13(14(3,4)5)18-11(8)20-7-6-16-12(21)9(20)2/h9H,6-7,15H2,1-5H3,(H,16,21)(H,17,18,19). The zero-order chi connectivity index (χ0) is 15.8. The maximum atomic E-state index is 11.9. The largest absolute Gasteiger partial charge is 0.353 e. The van der Waals surface area contributed by atoms with Crippen LogP contribution in [0.25, 0.3) is 0 Å². The average Bonchev–Trinajstić information content (AvgIpc) is 2.41. The molecule has 0 saturated carbocycles. The molecule has 21 heavy (non-hydrogen) atoms. The fraction of sp³-hybridized carbons (Fsp3) is 0.643. The first-order chi connectivity index (χ1) is 9.75. The average molecular weight is 292 g/mol. The van der Waals surface area contributed by atoms with Crippen molar-refractivity contribution in [3.63, 3.8) is 0 Å². The van der Waals surface area contributed by atoms with Gasteiger partial charge in [0, 0.05) is 24.1 Å². The number of piperazine rings is 1. The fourth-order valence-corrected chi connectivity index (χ4v) is 2.33. The van der Waals surface area contributed by atoms with Crippen LogP contribution in [-0.2, 0) is 10.2 Å². The molecule has 2 heterocycles. The number of hydrazine groups is 1. The summed E-state index contributed by atoms with van der Waals surface area (Å²) in [7, 11) is 0. The number of nitrogens with one attached hydrogen (secondary N) is 2. The number of nitrogens with zero attached hydrogens (tertiary/aromatic N) is 3. The lowest BCUT2D eigenvalue weighted by Crippen LogP contribution is -2.54. The van der Waals surface area contributed by atoms with Crippen LogP contribution >= 0.6 is 0 Å². The molecule has 1 amide bonds. The highest BCUT2D eigenvalue weighted by atomic mass is 16.2. The molecule has 0 aromatic carbocycles. The fourth-order valence-electron chi connectivity index (χ4n) is 2.33. The normalized spacial score (nSPS) is 19.4. The van der Waals surface area contributed by atoms with Crippen LogP contribution in [0.5, 0.6) is 0 Å². The molecular weight excluding hydrogens is 268 g/mol. The monoisotopic (exact) mass is 292 g/mol. The van der Waals surface area contributed by atoms with Gasteiger partial charge in [-0.25, -0.2) is 15.8 Å². The summed E-state index contributed by atoms with van der Waals surface area (Å²) in [6.45, 7) is 11.3. The van der Waals surface area contributed by atoms with Crippen LogP contribution in [0.3, 0.4) is 0 Å². The SMILES string of the molecule is Cc1c(NN)nc(C(C)(C)C)nc1N1CCNC(=O)C1C. The van der Waals surface area contributed by atoms with E-state index in [1.165, 1.54) is 0 Å². The Hall–Kier alpha value is -1.89. The molecule has 1 saturated heterocycles. The highest BCUT2D eigenvalue weighted by molar-refractivity contribution is 5.86. The highest BCUT2D eigenvalue weighted by Gasteiger charge is 2.30. The molecule has 0 radical (unpaired) electrons. The summed E-state index contributed by atoms with van der Waals surface area (Å²) < 4.78 is 0. The van der Waals surface area contributed by atoms with Gasteiger partial charge < -0.3 is 15.6 Å². The van der Waals surface area contributed by atoms with Gasteiger partial charge in [0.2, 0.25) is 5.91 Å². The summed E-state index contributed by atoms with van der Waals surface area (Å²) in [4.78, 5) is 23.1. The Morgan fingerprint density at radius 1 is 1.38 bits per heavy atom. The van der Waals surface area contributed by atoms with Gasteiger partial charge in [-0.05, 0) is 13.8 Å². The lowest BCUT2D eigenvalue weighted by atomic mass is 9.95. The van der Waals surface area contributed by atoms with Gasteiger partial charge in [0.1, 0.15) is 23.5 Å². The quantitative estimate of drug-likeness (QED) is 0.548. The van der Waals surface area contributed by atoms with Crippen LogP contribution in [-0.4, -0.2) is 35.0 Å². The van der Waals surface area contributed by atoms with Crippen molar-refractivity contribution in [2.45, 2.75) is 46.1 Å². The number of amides is 1. The van der Waals surface area contributed by atoms with E-state index >= 15 is 0 Å². The van der Waals surface area contributed by atoms with Crippen molar-refractivity contribution in [1.82, 2.24) is 15.3 Å². The molecule has 0 bridgehead atoms. The van der Waals surface area contributed by atoms with Crippen molar-refractivity contribution < 1.29 is 4.79 Å². The molecule has 1 unspecified atom stereocenters. The molecule has 1 fully saturated rings. The van der Waals surface area contributed by atoms with E-state index in [9.17, 15) is 4.79 Å². The Bertz CT molecular complexity index is 551.